The number of nitrogens with one attached hydrogen (secondary N) is 4. The predicted octanol–water partition coefficient (Wildman–Crippen LogP) is -0.984. The Labute approximate surface area is 220 Å². The number of hydrogen-bond acceptors (Lipinski definition) is 8. The number of amides is 3. The van der Waals surface area contributed by atoms with E-state index >= 15 is 0 Å². The third-order valence-corrected chi connectivity index (χ3v) is 6.30. The van der Waals surface area contributed by atoms with Crippen molar-refractivity contribution in [3.63, 3.8) is 0 Å². The molecule has 1 heterocycles. The number of benzene rings is 1. The number of aromatic amines is 1. The van der Waals surface area contributed by atoms with E-state index in [1.165, 1.54) is 6.92 Å². The summed E-state index contributed by atoms with van der Waals surface area (Å²) in [4.78, 5) is 53.4. The molecule has 204 valence electrons. The number of H-pyrrole nitrogens is 1. The van der Waals surface area contributed by atoms with Gasteiger partial charge in [0.2, 0.25) is 17.7 Å². The molecule has 0 aliphatic rings. The number of fused-ring (bicyclic) bond motifs is 1. The molecule has 0 bridgehead atoms. The van der Waals surface area contributed by atoms with Crippen molar-refractivity contribution in [1.82, 2.24) is 20.9 Å². The largest absolute Gasteiger partial charge is 0.480 e. The van der Waals surface area contributed by atoms with Crippen LogP contribution in [0.2, 0.25) is 0 Å². The zero-order valence-electron chi connectivity index (χ0n) is 20.6. The van der Waals surface area contributed by atoms with Gasteiger partial charge in [-0.1, -0.05) is 18.2 Å². The van der Waals surface area contributed by atoms with Crippen molar-refractivity contribution in [3.05, 3.63) is 36.0 Å². The number of aliphatic carboxylic acids is 1. The maximum Gasteiger partial charge on any atom is 0.327 e. The molecular formula is C24H36N6O6S. The molecule has 0 aliphatic carbocycles. The molecule has 0 aliphatic heterocycles. The van der Waals surface area contributed by atoms with E-state index in [2.05, 4.69) is 33.6 Å². The molecule has 0 saturated heterocycles. The Morgan fingerprint density at radius 1 is 1.00 bits per heavy atom. The number of para-hydroxylation sites is 1. The average molecular weight is 537 g/mol. The third-order valence-electron chi connectivity index (χ3n) is 5.93. The first kappa shape index (κ1) is 30.1. The van der Waals surface area contributed by atoms with Crippen LogP contribution in [-0.4, -0.2) is 81.5 Å². The zero-order chi connectivity index (χ0) is 27.5. The summed E-state index contributed by atoms with van der Waals surface area (Å²) in [6.45, 7) is 1.74. The highest BCUT2D eigenvalue weighted by Crippen LogP contribution is 2.19. The Morgan fingerprint density at radius 3 is 2.24 bits per heavy atom. The first-order chi connectivity index (χ1) is 17.6. The second-order valence-corrected chi connectivity index (χ2v) is 9.18. The van der Waals surface area contributed by atoms with E-state index in [9.17, 15) is 29.4 Å². The van der Waals surface area contributed by atoms with Crippen molar-refractivity contribution >= 4 is 47.2 Å². The van der Waals surface area contributed by atoms with Crippen LogP contribution in [0.1, 0.15) is 31.7 Å². The maximum absolute atomic E-state index is 13.4. The highest BCUT2D eigenvalue weighted by Gasteiger charge is 2.31. The van der Waals surface area contributed by atoms with Gasteiger partial charge >= 0.3 is 5.97 Å². The summed E-state index contributed by atoms with van der Waals surface area (Å²) in [6.07, 6.45) is 1.93. The molecule has 37 heavy (non-hydrogen) atoms. The van der Waals surface area contributed by atoms with Crippen molar-refractivity contribution in [2.45, 2.75) is 62.9 Å². The standard InChI is InChI=1S/C24H36N6O6S/c1-13(31)20(26)23(34)29-18(10-14-11-27-16-7-3-2-6-15(14)16)22(33)28-17(8-4-5-9-25)21(32)30-19(12-37)24(35)36/h2-3,6-7,11,13,17-20,27,31,37H,4-5,8-10,12,25-26H2,1H3,(H,28,33)(H,29,34)(H,30,32)(H,35,36). The number of carbonyl (C=O) groups excluding carboxylic acids is 3. The highest BCUT2D eigenvalue weighted by molar-refractivity contribution is 7.80. The Morgan fingerprint density at radius 2 is 1.62 bits per heavy atom. The number of carboxylic acid groups (broad SMARTS) is 1. The fourth-order valence-corrected chi connectivity index (χ4v) is 3.96. The fourth-order valence-electron chi connectivity index (χ4n) is 3.71. The molecule has 12 nitrogen and oxygen atoms in total. The van der Waals surface area contributed by atoms with Crippen LogP contribution in [0.4, 0.5) is 0 Å². The van der Waals surface area contributed by atoms with Crippen molar-refractivity contribution in [3.8, 4) is 0 Å². The summed E-state index contributed by atoms with van der Waals surface area (Å²) in [6, 6.07) is 2.71. The number of unbranched alkanes of at least 4 members (excludes halogenated alkanes) is 1. The topological polar surface area (TPSA) is 213 Å². The lowest BCUT2D eigenvalue weighted by atomic mass is 10.0. The molecule has 1 aromatic carbocycles. The smallest absolute Gasteiger partial charge is 0.327 e. The number of aliphatic hydroxyl groups is 1. The molecule has 10 N–H and O–H groups in total. The van der Waals surface area contributed by atoms with E-state index < -0.39 is 54.0 Å². The van der Waals surface area contributed by atoms with Crippen LogP contribution in [0.25, 0.3) is 10.9 Å². The lowest BCUT2D eigenvalue weighted by Gasteiger charge is -2.25. The zero-order valence-corrected chi connectivity index (χ0v) is 21.5. The van der Waals surface area contributed by atoms with Gasteiger partial charge in [-0.15, -0.1) is 0 Å². The normalized spacial score (nSPS) is 15.3. The van der Waals surface area contributed by atoms with Gasteiger partial charge in [-0.05, 0) is 44.4 Å². The lowest BCUT2D eigenvalue weighted by molar-refractivity contribution is -0.141. The molecule has 5 unspecified atom stereocenters. The number of carboxylic acids is 1. The predicted molar refractivity (Wildman–Crippen MR) is 142 cm³/mol. The second kappa shape index (κ2) is 14.6. The SMILES string of the molecule is CC(O)C(N)C(=O)NC(Cc1c[nH]c2ccccc12)C(=O)NC(CCCCN)C(=O)NC(CS)C(=O)O. The third kappa shape index (κ3) is 8.74. The van der Waals surface area contributed by atoms with Gasteiger partial charge in [0.25, 0.3) is 0 Å². The molecule has 2 aromatic rings. The monoisotopic (exact) mass is 536 g/mol. The van der Waals surface area contributed by atoms with E-state index in [1.807, 2.05) is 24.3 Å². The van der Waals surface area contributed by atoms with E-state index in [4.69, 9.17) is 11.5 Å². The number of thiol groups is 1. The second-order valence-electron chi connectivity index (χ2n) is 8.82. The van der Waals surface area contributed by atoms with Gasteiger partial charge in [0.05, 0.1) is 6.10 Å². The molecule has 13 heteroatoms. The van der Waals surface area contributed by atoms with E-state index in [0.717, 1.165) is 16.5 Å². The van der Waals surface area contributed by atoms with Gasteiger partial charge in [-0.25, -0.2) is 4.79 Å². The summed E-state index contributed by atoms with van der Waals surface area (Å²) < 4.78 is 0. The van der Waals surface area contributed by atoms with Gasteiger partial charge in [-0.2, -0.15) is 12.6 Å². The molecule has 3 amide bonds. The maximum atomic E-state index is 13.4. The number of nitrogens with two attached hydrogens (primary N) is 2. The number of rotatable bonds is 15. The van der Waals surface area contributed by atoms with Crippen LogP contribution in [0, 0.1) is 0 Å². The molecule has 5 atom stereocenters. The van der Waals surface area contributed by atoms with Crippen molar-refractivity contribution in [2.75, 3.05) is 12.3 Å². The van der Waals surface area contributed by atoms with Crippen molar-refractivity contribution in [1.29, 1.82) is 0 Å². The van der Waals surface area contributed by atoms with Crippen LogP contribution >= 0.6 is 12.6 Å². The summed E-state index contributed by atoms with van der Waals surface area (Å²) in [7, 11) is 0. The molecule has 0 spiro atoms. The van der Waals surface area contributed by atoms with Gasteiger partial charge in [-0.3, -0.25) is 14.4 Å². The molecule has 0 fully saturated rings. The van der Waals surface area contributed by atoms with Crippen molar-refractivity contribution in [2.24, 2.45) is 11.5 Å². The average Bonchev–Trinajstić information content (AvgIpc) is 3.28. The molecule has 2 rings (SSSR count). The number of aromatic nitrogens is 1. The molecule has 1 aromatic heterocycles. The molecular weight excluding hydrogens is 500 g/mol. The Kier molecular flexibility index (Phi) is 11.9. The summed E-state index contributed by atoms with van der Waals surface area (Å²) in [5.41, 5.74) is 12.9. The summed E-state index contributed by atoms with van der Waals surface area (Å²) in [5, 5.41) is 27.4. The Hall–Kier alpha value is -3.13. The lowest BCUT2D eigenvalue weighted by Crippen LogP contribution is -2.58. The first-order valence-corrected chi connectivity index (χ1v) is 12.7. The Bertz CT molecular complexity index is 1080. The molecule has 0 saturated carbocycles. The summed E-state index contributed by atoms with van der Waals surface area (Å²) >= 11 is 3.96. The minimum absolute atomic E-state index is 0.0691. The minimum atomic E-state index is -1.27. The van der Waals surface area contributed by atoms with E-state index in [0.29, 0.717) is 19.4 Å². The van der Waals surface area contributed by atoms with Crippen LogP contribution in [-0.2, 0) is 25.6 Å². The van der Waals surface area contributed by atoms with E-state index in [-0.39, 0.29) is 18.6 Å². The van der Waals surface area contributed by atoms with Crippen LogP contribution in [0.15, 0.2) is 30.5 Å². The van der Waals surface area contributed by atoms with Gasteiger partial charge in [0.15, 0.2) is 0 Å². The molecule has 0 radical (unpaired) electrons. The highest BCUT2D eigenvalue weighted by atomic mass is 32.1. The first-order valence-electron chi connectivity index (χ1n) is 12.0. The van der Waals surface area contributed by atoms with Gasteiger partial charge in [0.1, 0.15) is 24.2 Å². The Balaban J connectivity index is 2.29. The van der Waals surface area contributed by atoms with Crippen LogP contribution < -0.4 is 27.4 Å². The fraction of sp³-hybridized carbons (Fsp3) is 0.500. The van der Waals surface area contributed by atoms with Crippen LogP contribution in [0.3, 0.4) is 0 Å². The minimum Gasteiger partial charge on any atom is -0.480 e. The number of carbonyl (C=O) groups is 4. The quantitative estimate of drug-likeness (QED) is 0.102. The van der Waals surface area contributed by atoms with Gasteiger partial charge < -0.3 is 42.6 Å². The summed E-state index contributed by atoms with van der Waals surface area (Å²) in [5.74, 6) is -3.49. The van der Waals surface area contributed by atoms with Crippen LogP contribution in [0.5, 0.6) is 0 Å². The number of hydrogen-bond donors (Lipinski definition) is 9. The number of aliphatic hydroxyl groups excluding tert-OH is 1. The van der Waals surface area contributed by atoms with Gasteiger partial charge in [0, 0.05) is 29.3 Å². The van der Waals surface area contributed by atoms with Crippen molar-refractivity contribution < 1.29 is 29.4 Å². The van der Waals surface area contributed by atoms with E-state index in [1.54, 1.807) is 6.20 Å².